The first-order valence-corrected chi connectivity index (χ1v) is 8.58. The largest absolute Gasteiger partial charge is 0.383 e. The standard InChI is InChI=1S/C18H25N5O2/c1-14-4-3-5-16(21-14)12-22-10-15(18(24)19-8-9-25-2)11-23-17(13-22)6-7-20-23/h3-7,15H,8-13H2,1-2H3,(H,19,24)/t15-/m0/s1. The normalized spacial score (nSPS) is 17.8. The van der Waals surface area contributed by atoms with Crippen LogP contribution in [0.15, 0.2) is 30.5 Å². The van der Waals surface area contributed by atoms with Crippen molar-refractivity contribution >= 4 is 5.91 Å². The number of ether oxygens (including phenoxy) is 1. The molecule has 7 heteroatoms. The molecule has 1 amide bonds. The van der Waals surface area contributed by atoms with Gasteiger partial charge in [0.15, 0.2) is 0 Å². The van der Waals surface area contributed by atoms with Gasteiger partial charge >= 0.3 is 0 Å². The molecule has 0 aromatic carbocycles. The Balaban J connectivity index is 1.73. The van der Waals surface area contributed by atoms with Crippen LogP contribution in [0.1, 0.15) is 17.1 Å². The van der Waals surface area contributed by atoms with Crippen LogP contribution in [0.5, 0.6) is 0 Å². The number of pyridine rings is 1. The Morgan fingerprint density at radius 2 is 2.24 bits per heavy atom. The van der Waals surface area contributed by atoms with Gasteiger partial charge in [0, 0.05) is 45.2 Å². The van der Waals surface area contributed by atoms with Gasteiger partial charge in [-0.25, -0.2) is 0 Å². The fourth-order valence-corrected chi connectivity index (χ4v) is 3.15. The maximum Gasteiger partial charge on any atom is 0.226 e. The van der Waals surface area contributed by atoms with E-state index in [0.717, 1.165) is 23.6 Å². The second kappa shape index (κ2) is 8.22. The third-order valence-electron chi connectivity index (χ3n) is 4.37. The van der Waals surface area contributed by atoms with Crippen LogP contribution in [0.25, 0.3) is 0 Å². The average Bonchev–Trinajstić information content (AvgIpc) is 2.94. The maximum absolute atomic E-state index is 12.6. The summed E-state index contributed by atoms with van der Waals surface area (Å²) in [5, 5.41) is 7.32. The molecule has 2 aromatic rings. The van der Waals surface area contributed by atoms with Crippen molar-refractivity contribution in [2.75, 3.05) is 26.8 Å². The van der Waals surface area contributed by atoms with Crippen molar-refractivity contribution in [2.24, 2.45) is 5.92 Å². The zero-order chi connectivity index (χ0) is 17.6. The number of nitrogens with one attached hydrogen (secondary N) is 1. The van der Waals surface area contributed by atoms with Gasteiger partial charge in [-0.05, 0) is 25.1 Å². The van der Waals surface area contributed by atoms with Crippen molar-refractivity contribution in [2.45, 2.75) is 26.6 Å². The Morgan fingerprint density at radius 3 is 3.04 bits per heavy atom. The van der Waals surface area contributed by atoms with Crippen LogP contribution in [-0.2, 0) is 29.2 Å². The van der Waals surface area contributed by atoms with Gasteiger partial charge in [-0.3, -0.25) is 19.4 Å². The fourth-order valence-electron chi connectivity index (χ4n) is 3.15. The first-order chi connectivity index (χ1) is 12.2. The summed E-state index contributed by atoms with van der Waals surface area (Å²) in [5.74, 6) is -0.106. The lowest BCUT2D eigenvalue weighted by Gasteiger charge is -2.23. The van der Waals surface area contributed by atoms with Gasteiger partial charge in [-0.2, -0.15) is 5.10 Å². The van der Waals surface area contributed by atoms with Crippen LogP contribution in [0.4, 0.5) is 0 Å². The predicted molar refractivity (Wildman–Crippen MR) is 93.7 cm³/mol. The minimum absolute atomic E-state index is 0.0441. The van der Waals surface area contributed by atoms with Gasteiger partial charge in [0.2, 0.25) is 5.91 Å². The number of aryl methyl sites for hydroxylation is 1. The molecule has 2 aromatic heterocycles. The molecule has 134 valence electrons. The number of methoxy groups -OCH3 is 1. The summed E-state index contributed by atoms with van der Waals surface area (Å²) in [7, 11) is 1.63. The minimum Gasteiger partial charge on any atom is -0.383 e. The number of hydrogen-bond acceptors (Lipinski definition) is 5. The fraction of sp³-hybridized carbons (Fsp3) is 0.500. The molecule has 0 saturated carbocycles. The molecule has 0 unspecified atom stereocenters. The van der Waals surface area contributed by atoms with Crippen LogP contribution in [-0.4, -0.2) is 52.4 Å². The molecule has 7 nitrogen and oxygen atoms in total. The summed E-state index contributed by atoms with van der Waals surface area (Å²) < 4.78 is 6.94. The average molecular weight is 343 g/mol. The van der Waals surface area contributed by atoms with E-state index >= 15 is 0 Å². The number of hydrogen-bond donors (Lipinski definition) is 1. The van der Waals surface area contributed by atoms with Crippen LogP contribution in [0.3, 0.4) is 0 Å². The zero-order valence-corrected chi connectivity index (χ0v) is 14.8. The van der Waals surface area contributed by atoms with Gasteiger partial charge in [0.1, 0.15) is 0 Å². The van der Waals surface area contributed by atoms with Crippen molar-refractivity contribution in [1.82, 2.24) is 25.0 Å². The predicted octanol–water partition coefficient (Wildman–Crippen LogP) is 0.981. The van der Waals surface area contributed by atoms with Gasteiger partial charge in [0.05, 0.1) is 30.5 Å². The van der Waals surface area contributed by atoms with Crippen molar-refractivity contribution in [3.63, 3.8) is 0 Å². The SMILES string of the molecule is COCCNC(=O)[C@H]1CN(Cc2cccc(C)n2)Cc2ccnn2C1. The minimum atomic E-state index is -0.150. The second-order valence-electron chi connectivity index (χ2n) is 6.43. The molecule has 0 aliphatic carbocycles. The van der Waals surface area contributed by atoms with E-state index in [1.54, 1.807) is 13.3 Å². The van der Waals surface area contributed by atoms with Crippen LogP contribution >= 0.6 is 0 Å². The quantitative estimate of drug-likeness (QED) is 0.792. The molecule has 0 saturated heterocycles. The molecule has 1 atom stereocenters. The molecule has 1 aliphatic heterocycles. The van der Waals surface area contributed by atoms with Gasteiger partial charge in [-0.15, -0.1) is 0 Å². The number of aromatic nitrogens is 3. The molecule has 0 bridgehead atoms. The molecular weight excluding hydrogens is 318 g/mol. The van der Waals surface area contributed by atoms with E-state index in [2.05, 4.69) is 20.3 Å². The smallest absolute Gasteiger partial charge is 0.226 e. The molecule has 0 spiro atoms. The summed E-state index contributed by atoms with van der Waals surface area (Å²) in [5.41, 5.74) is 3.15. The molecule has 3 heterocycles. The van der Waals surface area contributed by atoms with E-state index < -0.39 is 0 Å². The first-order valence-electron chi connectivity index (χ1n) is 8.58. The molecule has 0 radical (unpaired) electrons. The van der Waals surface area contributed by atoms with Crippen molar-refractivity contribution in [1.29, 1.82) is 0 Å². The number of carbonyl (C=O) groups excluding carboxylic acids is 1. The topological polar surface area (TPSA) is 72.3 Å². The van der Waals surface area contributed by atoms with Crippen LogP contribution < -0.4 is 5.32 Å². The highest BCUT2D eigenvalue weighted by molar-refractivity contribution is 5.78. The van der Waals surface area contributed by atoms with E-state index in [-0.39, 0.29) is 11.8 Å². The first kappa shape index (κ1) is 17.6. The van der Waals surface area contributed by atoms with Gasteiger partial charge in [0.25, 0.3) is 0 Å². The molecule has 0 fully saturated rings. The lowest BCUT2D eigenvalue weighted by molar-refractivity contribution is -0.126. The van der Waals surface area contributed by atoms with E-state index in [1.165, 1.54) is 0 Å². The number of amides is 1. The second-order valence-corrected chi connectivity index (χ2v) is 6.43. The lowest BCUT2D eigenvalue weighted by Crippen LogP contribution is -2.40. The van der Waals surface area contributed by atoms with Gasteiger partial charge in [-0.1, -0.05) is 6.07 Å². The lowest BCUT2D eigenvalue weighted by atomic mass is 10.1. The summed E-state index contributed by atoms with van der Waals surface area (Å²) in [6.45, 7) is 5.79. The highest BCUT2D eigenvalue weighted by Gasteiger charge is 2.27. The molecule has 1 aliphatic rings. The Labute approximate surface area is 148 Å². The summed E-state index contributed by atoms with van der Waals surface area (Å²) >= 11 is 0. The Kier molecular flexibility index (Phi) is 5.78. The van der Waals surface area contributed by atoms with Crippen LogP contribution in [0, 0.1) is 12.8 Å². The summed E-state index contributed by atoms with van der Waals surface area (Å²) in [4.78, 5) is 19.4. The molecule has 3 rings (SSSR count). The monoisotopic (exact) mass is 343 g/mol. The Bertz CT molecular complexity index is 715. The third-order valence-corrected chi connectivity index (χ3v) is 4.37. The van der Waals surface area contributed by atoms with Crippen molar-refractivity contribution in [3.8, 4) is 0 Å². The highest BCUT2D eigenvalue weighted by atomic mass is 16.5. The molecule has 25 heavy (non-hydrogen) atoms. The third kappa shape index (κ3) is 4.64. The van der Waals surface area contributed by atoms with E-state index in [0.29, 0.717) is 32.8 Å². The van der Waals surface area contributed by atoms with Gasteiger partial charge < -0.3 is 10.1 Å². The highest BCUT2D eigenvalue weighted by Crippen LogP contribution is 2.18. The molecular formula is C18H25N5O2. The zero-order valence-electron chi connectivity index (χ0n) is 14.8. The van der Waals surface area contributed by atoms with Crippen molar-refractivity contribution < 1.29 is 9.53 Å². The molecule has 1 N–H and O–H groups in total. The van der Waals surface area contributed by atoms with Crippen molar-refractivity contribution in [3.05, 3.63) is 47.5 Å². The summed E-state index contributed by atoms with van der Waals surface area (Å²) in [6.07, 6.45) is 1.80. The van der Waals surface area contributed by atoms with Crippen LogP contribution in [0.2, 0.25) is 0 Å². The number of carbonyl (C=O) groups is 1. The Morgan fingerprint density at radius 1 is 1.36 bits per heavy atom. The number of nitrogens with zero attached hydrogens (tertiary/aromatic N) is 4. The Hall–Kier alpha value is -2.25. The van der Waals surface area contributed by atoms with E-state index in [9.17, 15) is 4.79 Å². The van der Waals surface area contributed by atoms with E-state index in [4.69, 9.17) is 4.74 Å². The number of fused-ring (bicyclic) bond motifs is 1. The van der Waals surface area contributed by atoms with E-state index in [1.807, 2.05) is 35.9 Å². The summed E-state index contributed by atoms with van der Waals surface area (Å²) in [6, 6.07) is 8.06. The maximum atomic E-state index is 12.6. The number of rotatable bonds is 6.